The van der Waals surface area contributed by atoms with Crippen molar-refractivity contribution in [3.63, 3.8) is 0 Å². The highest BCUT2D eigenvalue weighted by Gasteiger charge is 2.17. The van der Waals surface area contributed by atoms with Gasteiger partial charge in [0.05, 0.1) is 0 Å². The minimum atomic E-state index is 0.593. The Morgan fingerprint density at radius 3 is 1.67 bits per heavy atom. The van der Waals surface area contributed by atoms with Crippen molar-refractivity contribution in [2.45, 2.75) is 162 Å². The molecule has 0 spiro atoms. The average molecular weight is 419 g/mol. The van der Waals surface area contributed by atoms with Crippen LogP contribution >= 0.6 is 0 Å². The standard InChI is InChI=1S/C28H54N2/c1-5-8-10-12-13-14-15-16-17-18-19-20-22-26(4)30-25-24-29-28(30)27(7-3)23-21-11-9-6-2/h24-27H,5-23H2,1-4H3. The number of aromatic nitrogens is 2. The van der Waals surface area contributed by atoms with Gasteiger partial charge in [0.2, 0.25) is 0 Å². The molecule has 0 aliphatic rings. The third kappa shape index (κ3) is 12.2. The van der Waals surface area contributed by atoms with Crippen LogP contribution in [0.4, 0.5) is 0 Å². The van der Waals surface area contributed by atoms with Crippen molar-refractivity contribution in [2.24, 2.45) is 0 Å². The molecule has 2 unspecified atom stereocenters. The molecule has 1 heterocycles. The Morgan fingerprint density at radius 2 is 1.13 bits per heavy atom. The molecule has 2 nitrogen and oxygen atoms in total. The molecule has 1 aromatic heterocycles. The zero-order valence-electron chi connectivity index (χ0n) is 21.1. The summed E-state index contributed by atoms with van der Waals surface area (Å²) in [5.74, 6) is 1.99. The van der Waals surface area contributed by atoms with Gasteiger partial charge in [0.15, 0.2) is 0 Å². The van der Waals surface area contributed by atoms with E-state index in [0.717, 1.165) is 0 Å². The lowest BCUT2D eigenvalue weighted by atomic mass is 9.96. The van der Waals surface area contributed by atoms with Crippen LogP contribution in [0.3, 0.4) is 0 Å². The second-order valence-electron chi connectivity index (χ2n) is 9.67. The molecule has 0 amide bonds. The first-order chi connectivity index (χ1) is 14.7. The smallest absolute Gasteiger partial charge is 0.111 e. The van der Waals surface area contributed by atoms with Gasteiger partial charge in [0, 0.05) is 24.4 Å². The van der Waals surface area contributed by atoms with Gasteiger partial charge < -0.3 is 4.57 Å². The summed E-state index contributed by atoms with van der Waals surface area (Å²) in [7, 11) is 0. The van der Waals surface area contributed by atoms with E-state index in [2.05, 4.69) is 38.5 Å². The molecule has 0 radical (unpaired) electrons. The minimum Gasteiger partial charge on any atom is -0.332 e. The van der Waals surface area contributed by atoms with Crippen molar-refractivity contribution in [3.05, 3.63) is 18.2 Å². The number of hydrogen-bond donors (Lipinski definition) is 0. The fourth-order valence-electron chi connectivity index (χ4n) is 4.77. The maximum atomic E-state index is 4.78. The Labute approximate surface area is 189 Å². The van der Waals surface area contributed by atoms with Crippen molar-refractivity contribution >= 4 is 0 Å². The third-order valence-electron chi connectivity index (χ3n) is 6.91. The predicted molar refractivity (Wildman–Crippen MR) is 134 cm³/mol. The van der Waals surface area contributed by atoms with Gasteiger partial charge in [-0.3, -0.25) is 0 Å². The third-order valence-corrected chi connectivity index (χ3v) is 6.91. The van der Waals surface area contributed by atoms with E-state index in [4.69, 9.17) is 4.98 Å². The van der Waals surface area contributed by atoms with Crippen LogP contribution in [0.5, 0.6) is 0 Å². The number of rotatable bonds is 21. The van der Waals surface area contributed by atoms with Crippen LogP contribution in [0.1, 0.15) is 167 Å². The lowest BCUT2D eigenvalue weighted by Crippen LogP contribution is -2.12. The molecule has 0 saturated carbocycles. The molecule has 0 aromatic carbocycles. The molecule has 0 aliphatic carbocycles. The number of nitrogens with zero attached hydrogens (tertiary/aromatic N) is 2. The van der Waals surface area contributed by atoms with E-state index >= 15 is 0 Å². The molecule has 0 bridgehead atoms. The second kappa shape index (κ2) is 18.9. The van der Waals surface area contributed by atoms with Gasteiger partial charge in [0.1, 0.15) is 5.82 Å². The van der Waals surface area contributed by atoms with E-state index < -0.39 is 0 Å². The Kier molecular flexibility index (Phi) is 17.2. The van der Waals surface area contributed by atoms with Crippen LogP contribution in [0, 0.1) is 0 Å². The Balaban J connectivity index is 2.16. The highest BCUT2D eigenvalue weighted by atomic mass is 15.1. The highest BCUT2D eigenvalue weighted by Crippen LogP contribution is 2.28. The van der Waals surface area contributed by atoms with Crippen LogP contribution in [-0.4, -0.2) is 9.55 Å². The van der Waals surface area contributed by atoms with Crippen LogP contribution < -0.4 is 0 Å². The molecule has 2 heteroatoms. The summed E-state index contributed by atoms with van der Waals surface area (Å²) in [6.07, 6.45) is 30.7. The zero-order chi connectivity index (χ0) is 21.9. The van der Waals surface area contributed by atoms with Gasteiger partial charge in [-0.05, 0) is 26.2 Å². The summed E-state index contributed by atoms with van der Waals surface area (Å²) in [6.45, 7) is 9.32. The summed E-state index contributed by atoms with van der Waals surface area (Å²) in [4.78, 5) is 4.78. The fraction of sp³-hybridized carbons (Fsp3) is 0.893. The van der Waals surface area contributed by atoms with Gasteiger partial charge in [-0.15, -0.1) is 0 Å². The van der Waals surface area contributed by atoms with Crippen molar-refractivity contribution in [1.29, 1.82) is 0 Å². The number of imidazole rings is 1. The monoisotopic (exact) mass is 418 g/mol. The molecular formula is C28H54N2. The number of hydrogen-bond acceptors (Lipinski definition) is 1. The summed E-state index contributed by atoms with van der Waals surface area (Å²) in [5.41, 5.74) is 0. The largest absolute Gasteiger partial charge is 0.332 e. The van der Waals surface area contributed by atoms with Crippen LogP contribution in [0.25, 0.3) is 0 Å². The van der Waals surface area contributed by atoms with E-state index in [1.54, 1.807) is 0 Å². The van der Waals surface area contributed by atoms with E-state index in [-0.39, 0.29) is 0 Å². The van der Waals surface area contributed by atoms with E-state index in [0.29, 0.717) is 12.0 Å². The van der Waals surface area contributed by atoms with Crippen molar-refractivity contribution in [1.82, 2.24) is 9.55 Å². The van der Waals surface area contributed by atoms with Crippen molar-refractivity contribution in [2.75, 3.05) is 0 Å². The van der Waals surface area contributed by atoms with Gasteiger partial charge in [-0.1, -0.05) is 124 Å². The zero-order valence-corrected chi connectivity index (χ0v) is 21.1. The molecular weight excluding hydrogens is 364 g/mol. The first-order valence-corrected chi connectivity index (χ1v) is 13.8. The molecule has 0 fully saturated rings. The van der Waals surface area contributed by atoms with Crippen LogP contribution in [0.2, 0.25) is 0 Å². The first kappa shape index (κ1) is 27.2. The lowest BCUT2D eigenvalue weighted by molar-refractivity contribution is 0.426. The Morgan fingerprint density at radius 1 is 0.667 bits per heavy atom. The normalized spacial score (nSPS) is 13.6. The lowest BCUT2D eigenvalue weighted by Gasteiger charge is -2.21. The molecule has 1 rings (SSSR count). The van der Waals surface area contributed by atoms with Crippen molar-refractivity contribution in [3.8, 4) is 0 Å². The summed E-state index contributed by atoms with van der Waals surface area (Å²) in [5, 5.41) is 0. The molecule has 30 heavy (non-hydrogen) atoms. The topological polar surface area (TPSA) is 17.8 Å². The van der Waals surface area contributed by atoms with Gasteiger partial charge >= 0.3 is 0 Å². The maximum absolute atomic E-state index is 4.78. The maximum Gasteiger partial charge on any atom is 0.111 e. The van der Waals surface area contributed by atoms with Gasteiger partial charge in [-0.2, -0.15) is 0 Å². The minimum absolute atomic E-state index is 0.593. The van der Waals surface area contributed by atoms with E-state index in [1.165, 1.54) is 128 Å². The van der Waals surface area contributed by atoms with Crippen molar-refractivity contribution < 1.29 is 0 Å². The fourth-order valence-corrected chi connectivity index (χ4v) is 4.77. The Hall–Kier alpha value is -0.790. The summed E-state index contributed by atoms with van der Waals surface area (Å²) in [6, 6.07) is 0.593. The highest BCUT2D eigenvalue weighted by molar-refractivity contribution is 5.02. The average Bonchev–Trinajstić information content (AvgIpc) is 3.24. The first-order valence-electron chi connectivity index (χ1n) is 13.8. The molecule has 0 saturated heterocycles. The van der Waals surface area contributed by atoms with E-state index in [9.17, 15) is 0 Å². The predicted octanol–water partition coefficient (Wildman–Crippen LogP) is 10.00. The molecule has 2 atom stereocenters. The van der Waals surface area contributed by atoms with Gasteiger partial charge in [0.25, 0.3) is 0 Å². The molecule has 0 N–H and O–H groups in total. The number of unbranched alkanes of at least 4 members (excludes halogenated alkanes) is 14. The van der Waals surface area contributed by atoms with Crippen LogP contribution in [0.15, 0.2) is 12.4 Å². The summed E-state index contributed by atoms with van der Waals surface area (Å²) >= 11 is 0. The summed E-state index contributed by atoms with van der Waals surface area (Å²) < 4.78 is 2.49. The molecule has 1 aromatic rings. The van der Waals surface area contributed by atoms with E-state index in [1.807, 2.05) is 6.20 Å². The quantitative estimate of drug-likeness (QED) is 0.182. The SMILES string of the molecule is CCCCCCCCCCCCCCC(C)n1ccnc1C(CC)CCCCCC. The molecule has 176 valence electrons. The molecule has 0 aliphatic heterocycles. The van der Waals surface area contributed by atoms with Crippen LogP contribution in [-0.2, 0) is 0 Å². The second-order valence-corrected chi connectivity index (χ2v) is 9.67. The van der Waals surface area contributed by atoms with Gasteiger partial charge in [-0.25, -0.2) is 4.98 Å². The Bertz CT molecular complexity index is 479.